The third-order valence-corrected chi connectivity index (χ3v) is 6.86. The van der Waals surface area contributed by atoms with Gasteiger partial charge in [0.15, 0.2) is 0 Å². The molecule has 0 unspecified atom stereocenters. The molecule has 168 valence electrons. The highest BCUT2D eigenvalue weighted by Crippen LogP contribution is 2.48. The van der Waals surface area contributed by atoms with Crippen LogP contribution in [0.3, 0.4) is 0 Å². The van der Waals surface area contributed by atoms with Crippen molar-refractivity contribution in [2.75, 3.05) is 7.11 Å². The number of halogens is 1. The van der Waals surface area contributed by atoms with Gasteiger partial charge in [-0.1, -0.05) is 36.2 Å². The van der Waals surface area contributed by atoms with E-state index in [2.05, 4.69) is 41.4 Å². The number of aryl methyl sites for hydroxylation is 2. The molecule has 0 atom stereocenters. The van der Waals surface area contributed by atoms with Crippen LogP contribution in [0.25, 0.3) is 5.69 Å². The number of rotatable bonds is 6. The smallest absolute Gasteiger partial charge is 0.143 e. The third-order valence-electron chi connectivity index (χ3n) is 6.60. The molecular weight excluding hydrogens is 432 g/mol. The van der Waals surface area contributed by atoms with Gasteiger partial charge < -0.3 is 9.30 Å². The lowest BCUT2D eigenvalue weighted by Gasteiger charge is -2.42. The minimum atomic E-state index is -0.0477. The van der Waals surface area contributed by atoms with Crippen molar-refractivity contribution in [2.24, 2.45) is 0 Å². The Balaban J connectivity index is 1.47. The van der Waals surface area contributed by atoms with E-state index < -0.39 is 0 Å². The first-order valence-electron chi connectivity index (χ1n) is 11.3. The van der Waals surface area contributed by atoms with Crippen molar-refractivity contribution in [2.45, 2.75) is 44.9 Å². The van der Waals surface area contributed by atoms with Crippen LogP contribution in [0.15, 0.2) is 61.1 Å². The molecule has 33 heavy (non-hydrogen) atoms. The first-order chi connectivity index (χ1) is 16.0. The molecule has 1 aliphatic carbocycles. The van der Waals surface area contributed by atoms with Gasteiger partial charge in [0.05, 0.1) is 30.5 Å². The van der Waals surface area contributed by atoms with E-state index in [1.807, 2.05) is 43.1 Å². The van der Waals surface area contributed by atoms with E-state index in [0.717, 1.165) is 57.8 Å². The molecule has 0 bridgehead atoms. The molecule has 5 rings (SSSR count). The number of methoxy groups -OCH3 is 1. The van der Waals surface area contributed by atoms with E-state index in [-0.39, 0.29) is 5.41 Å². The summed E-state index contributed by atoms with van der Waals surface area (Å²) in [5.41, 5.74) is 6.44. The van der Waals surface area contributed by atoms with Gasteiger partial charge in [0.2, 0.25) is 0 Å². The summed E-state index contributed by atoms with van der Waals surface area (Å²) in [7, 11) is 1.70. The van der Waals surface area contributed by atoms with Crippen LogP contribution in [0, 0.1) is 13.8 Å². The lowest BCUT2D eigenvalue weighted by Crippen LogP contribution is -2.36. The molecular formula is C27H27ClN4O. The fourth-order valence-corrected chi connectivity index (χ4v) is 4.89. The molecule has 4 aromatic rings. The monoisotopic (exact) mass is 458 g/mol. The second-order valence-electron chi connectivity index (χ2n) is 8.84. The fourth-order valence-electron chi connectivity index (χ4n) is 4.76. The fraction of sp³-hybridized carbons (Fsp3) is 0.296. The van der Waals surface area contributed by atoms with Gasteiger partial charge in [-0.25, -0.2) is 15.0 Å². The standard InChI is InChI=1S/C27H27ClN4O/c1-18-16-32(17-29-18)24-10-5-20(14-25(24)33-3)13-23-15-26(31-19(2)30-23)27(11-4-12-27)21-6-8-22(28)9-7-21/h5-10,14-17H,4,11-13H2,1-3H3. The van der Waals surface area contributed by atoms with Gasteiger partial charge in [-0.15, -0.1) is 0 Å². The van der Waals surface area contributed by atoms with Crippen molar-refractivity contribution < 1.29 is 4.74 Å². The highest BCUT2D eigenvalue weighted by Gasteiger charge is 2.42. The molecule has 5 nitrogen and oxygen atoms in total. The Kier molecular flexibility index (Phi) is 5.67. The van der Waals surface area contributed by atoms with Crippen LogP contribution in [0.2, 0.25) is 5.02 Å². The maximum Gasteiger partial charge on any atom is 0.143 e. The van der Waals surface area contributed by atoms with Gasteiger partial charge in [0.1, 0.15) is 11.6 Å². The molecule has 1 saturated carbocycles. The molecule has 0 saturated heterocycles. The predicted octanol–water partition coefficient (Wildman–Crippen LogP) is 6.00. The van der Waals surface area contributed by atoms with E-state index in [9.17, 15) is 0 Å². The molecule has 0 radical (unpaired) electrons. The summed E-state index contributed by atoms with van der Waals surface area (Å²) in [5.74, 6) is 1.62. The van der Waals surface area contributed by atoms with Gasteiger partial charge >= 0.3 is 0 Å². The van der Waals surface area contributed by atoms with Crippen molar-refractivity contribution in [3.05, 3.63) is 100 Å². The van der Waals surface area contributed by atoms with Gasteiger partial charge in [-0.3, -0.25) is 0 Å². The van der Waals surface area contributed by atoms with Gasteiger partial charge in [0, 0.05) is 28.7 Å². The maximum absolute atomic E-state index is 6.14. The van der Waals surface area contributed by atoms with Crippen molar-refractivity contribution in [3.8, 4) is 11.4 Å². The Bertz CT molecular complexity index is 1290. The Morgan fingerprint density at radius 1 is 1.03 bits per heavy atom. The first kappa shape index (κ1) is 21.7. The van der Waals surface area contributed by atoms with Crippen LogP contribution >= 0.6 is 11.6 Å². The third kappa shape index (κ3) is 4.13. The highest BCUT2D eigenvalue weighted by atomic mass is 35.5. The lowest BCUT2D eigenvalue weighted by molar-refractivity contribution is 0.292. The van der Waals surface area contributed by atoms with Gasteiger partial charge in [0.25, 0.3) is 0 Å². The quantitative estimate of drug-likeness (QED) is 0.355. The average molecular weight is 459 g/mol. The number of imidazole rings is 1. The second-order valence-corrected chi connectivity index (χ2v) is 9.28. The summed E-state index contributed by atoms with van der Waals surface area (Å²) < 4.78 is 7.67. The van der Waals surface area contributed by atoms with Crippen LogP contribution < -0.4 is 4.74 Å². The van der Waals surface area contributed by atoms with Crippen LogP contribution in [-0.4, -0.2) is 26.6 Å². The van der Waals surface area contributed by atoms with Crippen LogP contribution in [0.1, 0.15) is 53.3 Å². The van der Waals surface area contributed by atoms with Gasteiger partial charge in [-0.05, 0) is 68.1 Å². The van der Waals surface area contributed by atoms with Crippen LogP contribution in [-0.2, 0) is 11.8 Å². The summed E-state index contributed by atoms with van der Waals surface area (Å²) in [4.78, 5) is 14.0. The Labute approximate surface area is 199 Å². The first-order valence-corrected chi connectivity index (χ1v) is 11.6. The minimum absolute atomic E-state index is 0.0477. The molecule has 1 fully saturated rings. The summed E-state index contributed by atoms with van der Waals surface area (Å²) >= 11 is 6.14. The zero-order chi connectivity index (χ0) is 23.0. The average Bonchev–Trinajstić information content (AvgIpc) is 3.20. The van der Waals surface area contributed by atoms with E-state index in [1.165, 1.54) is 12.0 Å². The zero-order valence-corrected chi connectivity index (χ0v) is 19.9. The normalized spacial score (nSPS) is 14.7. The number of hydrogen-bond donors (Lipinski definition) is 0. The SMILES string of the molecule is COc1cc(Cc2cc(C3(c4ccc(Cl)cc4)CCC3)nc(C)n2)ccc1-n1cnc(C)c1. The zero-order valence-electron chi connectivity index (χ0n) is 19.2. The largest absolute Gasteiger partial charge is 0.495 e. The van der Waals surface area contributed by atoms with Crippen LogP contribution in [0.5, 0.6) is 5.75 Å². The predicted molar refractivity (Wildman–Crippen MR) is 131 cm³/mol. The molecule has 2 aromatic carbocycles. The Morgan fingerprint density at radius 2 is 1.82 bits per heavy atom. The number of benzene rings is 2. The second kappa shape index (κ2) is 8.64. The topological polar surface area (TPSA) is 52.8 Å². The highest BCUT2D eigenvalue weighted by molar-refractivity contribution is 6.30. The van der Waals surface area contributed by atoms with E-state index >= 15 is 0 Å². The molecule has 6 heteroatoms. The Hall–Kier alpha value is -3.18. The van der Waals surface area contributed by atoms with Crippen molar-refractivity contribution >= 4 is 11.6 Å². The van der Waals surface area contributed by atoms with E-state index in [4.69, 9.17) is 26.3 Å². The summed E-state index contributed by atoms with van der Waals surface area (Å²) in [6.45, 7) is 3.96. The number of hydrogen-bond acceptors (Lipinski definition) is 4. The Morgan fingerprint density at radius 3 is 2.45 bits per heavy atom. The summed E-state index contributed by atoms with van der Waals surface area (Å²) in [6.07, 6.45) is 7.91. The lowest BCUT2D eigenvalue weighted by atomic mass is 9.62. The summed E-state index contributed by atoms with van der Waals surface area (Å²) in [6, 6.07) is 16.7. The molecule has 0 amide bonds. The van der Waals surface area contributed by atoms with Gasteiger partial charge in [-0.2, -0.15) is 0 Å². The number of nitrogens with zero attached hydrogens (tertiary/aromatic N) is 4. The molecule has 0 spiro atoms. The molecule has 1 aliphatic rings. The molecule has 2 heterocycles. The van der Waals surface area contributed by atoms with Crippen molar-refractivity contribution in [3.63, 3.8) is 0 Å². The van der Waals surface area contributed by atoms with E-state index in [0.29, 0.717) is 6.42 Å². The van der Waals surface area contributed by atoms with Crippen LogP contribution in [0.4, 0.5) is 0 Å². The minimum Gasteiger partial charge on any atom is -0.495 e. The molecule has 0 N–H and O–H groups in total. The maximum atomic E-state index is 6.14. The number of ether oxygens (including phenoxy) is 1. The summed E-state index contributed by atoms with van der Waals surface area (Å²) in [5, 5.41) is 0.760. The van der Waals surface area contributed by atoms with E-state index in [1.54, 1.807) is 7.11 Å². The number of aromatic nitrogens is 4. The molecule has 0 aliphatic heterocycles. The molecule has 2 aromatic heterocycles. The van der Waals surface area contributed by atoms with Crippen molar-refractivity contribution in [1.29, 1.82) is 0 Å². The van der Waals surface area contributed by atoms with Crippen molar-refractivity contribution in [1.82, 2.24) is 19.5 Å².